The Labute approximate surface area is 146 Å². The van der Waals surface area contributed by atoms with Crippen LogP contribution in [0.25, 0.3) is 0 Å². The monoisotopic (exact) mass is 393 g/mol. The van der Waals surface area contributed by atoms with Crippen LogP contribution < -0.4 is 0 Å². The van der Waals surface area contributed by atoms with E-state index < -0.39 is 49.7 Å². The van der Waals surface area contributed by atoms with Crippen LogP contribution in [0.2, 0.25) is 0 Å². The van der Waals surface area contributed by atoms with Crippen LogP contribution in [-0.2, 0) is 26.7 Å². The van der Waals surface area contributed by atoms with E-state index in [2.05, 4.69) is 10.1 Å². The molecule has 1 aromatic heterocycles. The molecule has 1 aliphatic rings. The molecule has 0 saturated heterocycles. The Bertz CT molecular complexity index is 901. The summed E-state index contributed by atoms with van der Waals surface area (Å²) < 4.78 is 89.1. The Hall–Kier alpha value is -2.01. The quantitative estimate of drug-likeness (QED) is 0.675. The lowest BCUT2D eigenvalue weighted by atomic mass is 9.92. The Kier molecular flexibility index (Phi) is 4.55. The minimum Gasteiger partial charge on any atom is -0.364 e. The average Bonchev–Trinajstić information content (AvgIpc) is 3.32. The van der Waals surface area contributed by atoms with Gasteiger partial charge < -0.3 is 4.74 Å². The largest absolute Gasteiger partial charge is 0.379 e. The normalized spacial score (nSPS) is 17.9. The molecule has 1 saturated carbocycles. The lowest BCUT2D eigenvalue weighted by molar-refractivity contribution is -0.166. The molecule has 0 aliphatic heterocycles. The Morgan fingerprint density at radius 1 is 1.31 bits per heavy atom. The molecule has 1 aliphatic carbocycles. The van der Waals surface area contributed by atoms with Gasteiger partial charge in [0.25, 0.3) is 0 Å². The van der Waals surface area contributed by atoms with Crippen LogP contribution in [0.3, 0.4) is 0 Å². The molecular formula is C15H15F4N3O3S. The summed E-state index contributed by atoms with van der Waals surface area (Å²) in [7, 11) is -4.15. The average molecular weight is 393 g/mol. The number of sulfone groups is 1. The molecule has 0 spiro atoms. The van der Waals surface area contributed by atoms with Gasteiger partial charge in [0.1, 0.15) is 24.3 Å². The molecule has 26 heavy (non-hydrogen) atoms. The van der Waals surface area contributed by atoms with E-state index in [1.807, 2.05) is 0 Å². The van der Waals surface area contributed by atoms with Crippen molar-refractivity contribution in [2.24, 2.45) is 0 Å². The van der Waals surface area contributed by atoms with E-state index >= 15 is 8.78 Å². The number of nitrogens with zero attached hydrogens (tertiary/aromatic N) is 3. The summed E-state index contributed by atoms with van der Waals surface area (Å²) in [5.41, 5.74) is -3.74. The number of hydrogen-bond acceptors (Lipinski definition) is 5. The number of alkyl halides is 2. The summed E-state index contributed by atoms with van der Waals surface area (Å²) in [5.74, 6) is -2.34. The van der Waals surface area contributed by atoms with Crippen molar-refractivity contribution in [2.45, 2.75) is 35.5 Å². The van der Waals surface area contributed by atoms with Crippen LogP contribution in [0, 0.1) is 11.6 Å². The zero-order valence-electron chi connectivity index (χ0n) is 13.6. The van der Waals surface area contributed by atoms with Gasteiger partial charge in [-0.25, -0.2) is 26.9 Å². The maximum atomic E-state index is 15.3. The number of ether oxygens (including phenoxy) is 1. The number of methoxy groups -OCH3 is 1. The van der Waals surface area contributed by atoms with Crippen molar-refractivity contribution >= 4 is 9.84 Å². The summed E-state index contributed by atoms with van der Waals surface area (Å²) in [6, 6.07) is 1.90. The Balaban J connectivity index is 2.23. The Morgan fingerprint density at radius 2 is 2.00 bits per heavy atom. The number of hydrogen-bond donors (Lipinski definition) is 0. The molecule has 11 heteroatoms. The fourth-order valence-electron chi connectivity index (χ4n) is 2.80. The fourth-order valence-corrected chi connectivity index (χ4v) is 4.70. The summed E-state index contributed by atoms with van der Waals surface area (Å²) in [6.45, 7) is -0.842. The van der Waals surface area contributed by atoms with Crippen molar-refractivity contribution in [3.63, 3.8) is 0 Å². The van der Waals surface area contributed by atoms with E-state index in [1.165, 1.54) is 0 Å². The molecule has 1 unspecified atom stereocenters. The third-order valence-electron chi connectivity index (χ3n) is 4.36. The van der Waals surface area contributed by atoms with Gasteiger partial charge in [0, 0.05) is 18.7 Å². The molecule has 1 aromatic carbocycles. The molecule has 0 bridgehead atoms. The van der Waals surface area contributed by atoms with Gasteiger partial charge in [-0.1, -0.05) is 0 Å². The van der Waals surface area contributed by atoms with Crippen molar-refractivity contribution < 1.29 is 30.7 Å². The van der Waals surface area contributed by atoms with Gasteiger partial charge in [0.05, 0.1) is 11.8 Å². The van der Waals surface area contributed by atoms with Crippen molar-refractivity contribution in [3.8, 4) is 0 Å². The fraction of sp³-hybridized carbons (Fsp3) is 0.467. The van der Waals surface area contributed by atoms with Gasteiger partial charge in [-0.3, -0.25) is 0 Å². The molecular weight excluding hydrogens is 378 g/mol. The number of halogens is 4. The maximum absolute atomic E-state index is 15.3. The Morgan fingerprint density at radius 3 is 2.50 bits per heavy atom. The second-order valence-electron chi connectivity index (χ2n) is 6.01. The van der Waals surface area contributed by atoms with Crippen LogP contribution in [0.15, 0.2) is 30.9 Å². The van der Waals surface area contributed by atoms with E-state index in [0.29, 0.717) is 6.07 Å². The van der Waals surface area contributed by atoms with E-state index in [1.54, 1.807) is 0 Å². The second kappa shape index (κ2) is 6.31. The summed E-state index contributed by atoms with van der Waals surface area (Å²) in [5, 5.41) is -2.05. The van der Waals surface area contributed by atoms with Gasteiger partial charge in [-0.15, -0.1) is 0 Å². The summed E-state index contributed by atoms with van der Waals surface area (Å²) in [4.78, 5) is 3.61. The third kappa shape index (κ3) is 2.78. The van der Waals surface area contributed by atoms with Crippen molar-refractivity contribution in [2.75, 3.05) is 7.11 Å². The van der Waals surface area contributed by atoms with Gasteiger partial charge in [0.2, 0.25) is 9.84 Å². The van der Waals surface area contributed by atoms with Crippen molar-refractivity contribution in [1.82, 2.24) is 14.8 Å². The van der Waals surface area contributed by atoms with Gasteiger partial charge in [-0.05, 0) is 25.0 Å². The highest BCUT2D eigenvalue weighted by Gasteiger charge is 2.68. The predicted molar refractivity (Wildman–Crippen MR) is 82.0 cm³/mol. The van der Waals surface area contributed by atoms with E-state index in [0.717, 1.165) is 36.6 Å². The third-order valence-corrected chi connectivity index (χ3v) is 6.75. The highest BCUT2D eigenvalue weighted by Crippen LogP contribution is 2.50. The van der Waals surface area contributed by atoms with Crippen LogP contribution in [0.5, 0.6) is 0 Å². The highest BCUT2D eigenvalue weighted by atomic mass is 32.2. The molecule has 1 heterocycles. The first-order valence-corrected chi connectivity index (χ1v) is 9.14. The molecule has 1 atom stereocenters. The minimum atomic E-state index is -4.99. The zero-order chi connectivity index (χ0) is 19.2. The molecule has 0 N–H and O–H groups in total. The molecule has 142 valence electrons. The topological polar surface area (TPSA) is 74.1 Å². The minimum absolute atomic E-state index is 0.0902. The van der Waals surface area contributed by atoms with Crippen LogP contribution >= 0.6 is 0 Å². The van der Waals surface area contributed by atoms with Crippen LogP contribution in [0.4, 0.5) is 17.6 Å². The van der Waals surface area contributed by atoms with Crippen molar-refractivity contribution in [1.29, 1.82) is 0 Å². The zero-order valence-corrected chi connectivity index (χ0v) is 14.4. The molecule has 3 rings (SSSR count). The molecule has 0 radical (unpaired) electrons. The SMILES string of the molecule is COC(Cn1cncn1)(c1ccc(F)cc1F)C(F)(F)S(=O)(=O)C1CC1. The second-order valence-corrected chi connectivity index (χ2v) is 8.28. The number of benzene rings is 1. The first-order valence-electron chi connectivity index (χ1n) is 7.60. The summed E-state index contributed by atoms with van der Waals surface area (Å²) >= 11 is 0. The summed E-state index contributed by atoms with van der Waals surface area (Å²) in [6.07, 6.45) is 2.30. The standard InChI is InChI=1S/C15H15F4N3O3S/c1-25-14(7-22-9-20-8-21-22,12-5-2-10(16)6-13(12)17)15(18,19)26(23,24)11-3-4-11/h2,5-6,8-9,11H,3-4,7H2,1H3. The van der Waals surface area contributed by atoms with Crippen molar-refractivity contribution in [3.05, 3.63) is 48.1 Å². The molecule has 1 fully saturated rings. The molecule has 6 nitrogen and oxygen atoms in total. The molecule has 0 amide bonds. The van der Waals surface area contributed by atoms with E-state index in [4.69, 9.17) is 4.74 Å². The lowest BCUT2D eigenvalue weighted by Gasteiger charge is -2.38. The first-order chi connectivity index (χ1) is 12.2. The van der Waals surface area contributed by atoms with Gasteiger partial charge in [0.15, 0.2) is 5.60 Å². The van der Waals surface area contributed by atoms with E-state index in [-0.39, 0.29) is 12.8 Å². The first kappa shape index (κ1) is 18.8. The van der Waals surface area contributed by atoms with E-state index in [9.17, 15) is 17.2 Å². The van der Waals surface area contributed by atoms with Gasteiger partial charge in [-0.2, -0.15) is 13.9 Å². The smallest absolute Gasteiger partial charge is 0.364 e. The highest BCUT2D eigenvalue weighted by molar-refractivity contribution is 7.93. The maximum Gasteiger partial charge on any atom is 0.379 e. The number of rotatable bonds is 7. The van der Waals surface area contributed by atoms with Crippen LogP contribution in [-0.4, -0.2) is 40.8 Å². The molecule has 2 aromatic rings. The van der Waals surface area contributed by atoms with Gasteiger partial charge >= 0.3 is 5.25 Å². The lowest BCUT2D eigenvalue weighted by Crippen LogP contribution is -2.56. The van der Waals surface area contributed by atoms with Crippen LogP contribution in [0.1, 0.15) is 18.4 Å². The number of aromatic nitrogens is 3. The predicted octanol–water partition coefficient (Wildman–Crippen LogP) is 2.27.